The smallest absolute Gasteiger partial charge is 0.229 e. The molecule has 98 valence electrons. The highest BCUT2D eigenvalue weighted by atomic mass is 32.1. The molecule has 2 unspecified atom stereocenters. The van der Waals surface area contributed by atoms with Crippen molar-refractivity contribution >= 4 is 22.4 Å². The van der Waals surface area contributed by atoms with Gasteiger partial charge in [0.1, 0.15) is 0 Å². The van der Waals surface area contributed by atoms with Gasteiger partial charge < -0.3 is 5.32 Å². The van der Waals surface area contributed by atoms with Crippen molar-refractivity contribution in [2.45, 2.75) is 45.4 Å². The van der Waals surface area contributed by atoms with E-state index in [1.807, 2.05) is 5.38 Å². The van der Waals surface area contributed by atoms with E-state index in [-0.39, 0.29) is 17.2 Å². The van der Waals surface area contributed by atoms with Crippen LogP contribution in [0.15, 0.2) is 5.38 Å². The lowest BCUT2D eigenvalue weighted by molar-refractivity contribution is -0.120. The van der Waals surface area contributed by atoms with E-state index in [9.17, 15) is 4.79 Å². The molecule has 4 heteroatoms. The Morgan fingerprint density at radius 3 is 2.56 bits per heavy atom. The molecule has 2 aliphatic carbocycles. The van der Waals surface area contributed by atoms with Gasteiger partial charge in [-0.3, -0.25) is 4.79 Å². The van der Waals surface area contributed by atoms with Crippen LogP contribution in [0.5, 0.6) is 0 Å². The summed E-state index contributed by atoms with van der Waals surface area (Å²) in [5.74, 6) is 2.11. The summed E-state index contributed by atoms with van der Waals surface area (Å²) < 4.78 is 0. The molecule has 2 atom stereocenters. The lowest BCUT2D eigenvalue weighted by Gasteiger charge is -2.14. The quantitative estimate of drug-likeness (QED) is 0.889. The van der Waals surface area contributed by atoms with Crippen LogP contribution >= 0.6 is 11.3 Å². The monoisotopic (exact) mass is 264 g/mol. The fourth-order valence-electron chi connectivity index (χ4n) is 2.81. The van der Waals surface area contributed by atoms with Crippen LogP contribution in [0.2, 0.25) is 0 Å². The summed E-state index contributed by atoms with van der Waals surface area (Å²) in [5, 5.41) is 5.78. The summed E-state index contributed by atoms with van der Waals surface area (Å²) in [6.07, 6.45) is 3.54. The number of anilines is 1. The van der Waals surface area contributed by atoms with Crippen molar-refractivity contribution in [3.63, 3.8) is 0 Å². The minimum absolute atomic E-state index is 0.0501. The topological polar surface area (TPSA) is 42.0 Å². The first kappa shape index (κ1) is 12.2. The lowest BCUT2D eigenvalue weighted by Crippen LogP contribution is -2.21. The van der Waals surface area contributed by atoms with Gasteiger partial charge >= 0.3 is 0 Å². The van der Waals surface area contributed by atoms with Crippen molar-refractivity contribution in [1.29, 1.82) is 0 Å². The molecule has 2 saturated carbocycles. The summed E-state index contributed by atoms with van der Waals surface area (Å²) in [4.78, 5) is 16.6. The maximum absolute atomic E-state index is 12.1. The van der Waals surface area contributed by atoms with Crippen molar-refractivity contribution in [2.24, 2.45) is 17.8 Å². The predicted octanol–water partition coefficient (Wildman–Crippen LogP) is 3.43. The number of amides is 1. The molecule has 0 aliphatic heterocycles. The van der Waals surface area contributed by atoms with Gasteiger partial charge in [-0.25, -0.2) is 4.98 Å². The maximum Gasteiger partial charge on any atom is 0.229 e. The molecule has 18 heavy (non-hydrogen) atoms. The number of carbonyl (C=O) groups is 1. The number of thiazole rings is 1. The average molecular weight is 264 g/mol. The molecule has 2 fully saturated rings. The Labute approximate surface area is 112 Å². The number of rotatable bonds is 2. The number of carbonyl (C=O) groups excluding carboxylic acids is 1. The highest BCUT2D eigenvalue weighted by molar-refractivity contribution is 7.13. The van der Waals surface area contributed by atoms with E-state index in [1.165, 1.54) is 17.8 Å². The molecule has 1 N–H and O–H groups in total. The van der Waals surface area contributed by atoms with Crippen LogP contribution in [-0.4, -0.2) is 10.9 Å². The molecule has 3 nitrogen and oxygen atoms in total. The molecule has 0 bridgehead atoms. The molecule has 1 amide bonds. The van der Waals surface area contributed by atoms with Gasteiger partial charge in [0.15, 0.2) is 5.13 Å². The molecule has 0 aromatic carbocycles. The largest absolute Gasteiger partial charge is 0.302 e. The number of nitrogens with zero attached hydrogens (tertiary/aromatic N) is 1. The Morgan fingerprint density at radius 1 is 1.33 bits per heavy atom. The average Bonchev–Trinajstić information content (AvgIpc) is 2.75. The third-order valence-electron chi connectivity index (χ3n) is 4.12. The molecular formula is C14H20N2OS. The van der Waals surface area contributed by atoms with Gasteiger partial charge in [0, 0.05) is 16.7 Å². The zero-order valence-corrected chi connectivity index (χ0v) is 12.0. The molecule has 1 aromatic rings. The van der Waals surface area contributed by atoms with Crippen LogP contribution in [0.4, 0.5) is 5.13 Å². The van der Waals surface area contributed by atoms with Crippen LogP contribution in [0.25, 0.3) is 0 Å². The van der Waals surface area contributed by atoms with Gasteiger partial charge in [0.25, 0.3) is 0 Å². The summed E-state index contributed by atoms with van der Waals surface area (Å²) in [5.41, 5.74) is 1.10. The summed E-state index contributed by atoms with van der Waals surface area (Å²) >= 11 is 1.53. The van der Waals surface area contributed by atoms with E-state index in [1.54, 1.807) is 0 Å². The van der Waals surface area contributed by atoms with Crippen LogP contribution in [0, 0.1) is 17.8 Å². The van der Waals surface area contributed by atoms with Crippen molar-refractivity contribution in [2.75, 3.05) is 5.32 Å². The Morgan fingerprint density at radius 2 is 2.00 bits per heavy atom. The van der Waals surface area contributed by atoms with Gasteiger partial charge in [-0.15, -0.1) is 11.3 Å². The van der Waals surface area contributed by atoms with Crippen LogP contribution in [0.3, 0.4) is 0 Å². The zero-order chi connectivity index (χ0) is 12.9. The normalized spacial score (nSPS) is 30.1. The minimum atomic E-state index is 0.0501. The third-order valence-corrected chi connectivity index (χ3v) is 4.87. The molecular weight excluding hydrogens is 244 g/mol. The van der Waals surface area contributed by atoms with Gasteiger partial charge in [0.2, 0.25) is 5.91 Å². The fraction of sp³-hybridized carbons (Fsp3) is 0.714. The second-order valence-electron chi connectivity index (χ2n) is 6.70. The predicted molar refractivity (Wildman–Crippen MR) is 73.8 cm³/mol. The number of nitrogens with one attached hydrogen (secondary N) is 1. The van der Waals surface area contributed by atoms with Crippen molar-refractivity contribution in [3.05, 3.63) is 11.1 Å². The highest BCUT2D eigenvalue weighted by Crippen LogP contribution is 2.54. The van der Waals surface area contributed by atoms with E-state index < -0.39 is 0 Å². The Bertz CT molecular complexity index is 464. The number of hydrogen-bond acceptors (Lipinski definition) is 3. The van der Waals surface area contributed by atoms with Gasteiger partial charge in [-0.2, -0.15) is 0 Å². The van der Waals surface area contributed by atoms with E-state index >= 15 is 0 Å². The van der Waals surface area contributed by atoms with Crippen LogP contribution in [-0.2, 0) is 10.2 Å². The number of fused-ring (bicyclic) bond motifs is 1. The van der Waals surface area contributed by atoms with Crippen molar-refractivity contribution in [3.8, 4) is 0 Å². The maximum atomic E-state index is 12.1. The van der Waals surface area contributed by atoms with Gasteiger partial charge in [0.05, 0.1) is 5.69 Å². The highest BCUT2D eigenvalue weighted by Gasteiger charge is 2.48. The molecule has 2 aliphatic rings. The molecule has 0 saturated heterocycles. The summed E-state index contributed by atoms with van der Waals surface area (Å²) in [7, 11) is 0. The second-order valence-corrected chi connectivity index (χ2v) is 7.56. The zero-order valence-electron chi connectivity index (χ0n) is 11.2. The number of aromatic nitrogens is 1. The first-order chi connectivity index (χ1) is 8.43. The molecule has 3 rings (SSSR count). The minimum Gasteiger partial charge on any atom is -0.302 e. The Balaban J connectivity index is 1.62. The fourth-order valence-corrected chi connectivity index (χ4v) is 3.75. The Kier molecular flexibility index (Phi) is 2.73. The lowest BCUT2D eigenvalue weighted by atomic mass is 9.93. The van der Waals surface area contributed by atoms with E-state index in [4.69, 9.17) is 0 Å². The van der Waals surface area contributed by atoms with Gasteiger partial charge in [-0.05, 0) is 31.1 Å². The Hall–Kier alpha value is -0.900. The van der Waals surface area contributed by atoms with Gasteiger partial charge in [-0.1, -0.05) is 20.8 Å². The summed E-state index contributed by atoms with van der Waals surface area (Å²) in [6, 6.07) is 0. The summed E-state index contributed by atoms with van der Waals surface area (Å²) in [6.45, 7) is 6.41. The van der Waals surface area contributed by atoms with Crippen LogP contribution in [0.1, 0.15) is 45.7 Å². The first-order valence-corrected chi connectivity index (χ1v) is 7.58. The third kappa shape index (κ3) is 2.30. The van der Waals surface area contributed by atoms with Crippen LogP contribution < -0.4 is 5.32 Å². The SMILES string of the molecule is CC(C)(C)c1csc(NC(=O)C2CC3CC3C2)n1. The van der Waals surface area contributed by atoms with Crippen molar-refractivity contribution < 1.29 is 4.79 Å². The van der Waals surface area contributed by atoms with E-state index in [0.717, 1.165) is 35.5 Å². The molecule has 1 aromatic heterocycles. The molecule has 0 radical (unpaired) electrons. The second kappa shape index (κ2) is 4.05. The first-order valence-electron chi connectivity index (χ1n) is 6.70. The number of hydrogen-bond donors (Lipinski definition) is 1. The van der Waals surface area contributed by atoms with E-state index in [0.29, 0.717) is 0 Å². The van der Waals surface area contributed by atoms with E-state index in [2.05, 4.69) is 31.1 Å². The van der Waals surface area contributed by atoms with Crippen molar-refractivity contribution in [1.82, 2.24) is 4.98 Å². The molecule has 1 heterocycles. The molecule has 0 spiro atoms. The standard InChI is InChI=1S/C14H20N2OS/c1-14(2,3)11-7-18-13(15-11)16-12(17)10-5-8-4-9(8)6-10/h7-10H,4-6H2,1-3H3,(H,15,16,17).